The number of hydrogen-bond donors (Lipinski definition) is 19. The van der Waals surface area contributed by atoms with Crippen molar-refractivity contribution in [2.45, 2.75) is 201 Å². The van der Waals surface area contributed by atoms with Gasteiger partial charge in [0.2, 0.25) is 41.4 Å². The third-order valence-electron chi connectivity index (χ3n) is 14.9. The van der Waals surface area contributed by atoms with Gasteiger partial charge in [-0.25, -0.2) is 0 Å². The first-order valence-electron chi connectivity index (χ1n) is 31.9. The third kappa shape index (κ3) is 32.4. The van der Waals surface area contributed by atoms with Crippen molar-refractivity contribution in [3.8, 4) is 0 Å². The van der Waals surface area contributed by atoms with Gasteiger partial charge in [0.05, 0.1) is 79.3 Å². The van der Waals surface area contributed by atoms with Crippen LogP contribution in [0.3, 0.4) is 0 Å². The minimum Gasteiger partial charge on any atom is -0.394 e. The van der Waals surface area contributed by atoms with Crippen LogP contribution in [0.4, 0.5) is 0 Å². The van der Waals surface area contributed by atoms with E-state index in [4.69, 9.17) is 42.6 Å². The van der Waals surface area contributed by atoms with Crippen molar-refractivity contribution >= 4 is 47.1 Å². The number of aliphatic hydroxyl groups is 12. The second kappa shape index (κ2) is 47.1. The Kier molecular flexibility index (Phi) is 41.8. The van der Waals surface area contributed by atoms with Crippen LogP contribution in [0, 0.1) is 0 Å². The van der Waals surface area contributed by atoms with E-state index in [1.165, 1.54) is 6.92 Å². The first-order chi connectivity index (χ1) is 45.0. The lowest BCUT2D eigenvalue weighted by atomic mass is 9.99. The van der Waals surface area contributed by atoms with Gasteiger partial charge in [-0.3, -0.25) is 33.6 Å². The molecular weight excluding hydrogens is 1260 g/mol. The van der Waals surface area contributed by atoms with E-state index < -0.39 is 141 Å². The molecule has 3 saturated heterocycles. The number of hydrogen-bond acceptors (Lipinski definition) is 29. The van der Waals surface area contributed by atoms with E-state index in [0.717, 1.165) is 0 Å². The van der Waals surface area contributed by atoms with E-state index in [0.29, 0.717) is 19.3 Å². The Morgan fingerprint density at radius 2 is 0.596 bits per heavy atom. The van der Waals surface area contributed by atoms with Gasteiger partial charge >= 0.3 is 0 Å². The van der Waals surface area contributed by atoms with Crippen LogP contribution >= 0.6 is 0 Å². The second-order valence-electron chi connectivity index (χ2n) is 23.0. The summed E-state index contributed by atoms with van der Waals surface area (Å²) in [5.74, 6) is -2.81. The van der Waals surface area contributed by atoms with Gasteiger partial charge in [-0.15, -0.1) is 0 Å². The van der Waals surface area contributed by atoms with E-state index in [2.05, 4.69) is 37.2 Å². The zero-order valence-electron chi connectivity index (χ0n) is 53.3. The van der Waals surface area contributed by atoms with E-state index in [9.17, 15) is 99.6 Å². The smallest absolute Gasteiger partial charge is 0.222 e. The molecule has 0 aromatic carbocycles. The molecule has 0 spiro atoms. The summed E-state index contributed by atoms with van der Waals surface area (Å²) in [6.07, 6.45) is -19.8. The van der Waals surface area contributed by atoms with Crippen molar-refractivity contribution in [2.24, 2.45) is 0 Å². The Morgan fingerprint density at radius 1 is 0.330 bits per heavy atom. The Bertz CT molecular complexity index is 2000. The number of carbonyl (C=O) groups excluding carboxylic acids is 8. The lowest BCUT2D eigenvalue weighted by Crippen LogP contribution is -2.59. The maximum atomic E-state index is 13.4. The quantitative estimate of drug-likeness (QED) is 0.0252. The molecule has 0 aliphatic carbocycles. The molecule has 0 radical (unpaired) electrons. The standard InChI is InChI=1S/C58H103N7O29/c1-35(69)9-2-10-45(76)65-58(32-86-26-14-42(73)62-20-6-17-59-39(70)11-3-23-89-55-52(83)49(80)46(77)36(29-66)92-55,33-87-27-15-43(74)63-21-7-18-60-40(71)12-4-24-90-56-53(84)50(81)47(78)37(30-67)93-56)34-88-28-16-44(75)64-22-8-19-61-41(72)13-5-25-91-57-54(85)51(82)48(79)38(31-68)94-57/h36-38,46-57,66-68,77-85H,2-34H2,1H3,(H,59,70)(H,60,71)(H,61,72)(H,62,73)(H,63,74)(H,64,75)(H,65,76)/t36?,37?,38?,46-,47-,48-,49?,50?,51?,52?,53?,54?,55-,56-,57-,58?/m1/s1. The highest BCUT2D eigenvalue weighted by molar-refractivity contribution is 5.80. The van der Waals surface area contributed by atoms with E-state index in [1.54, 1.807) is 0 Å². The molecule has 3 aliphatic rings. The summed E-state index contributed by atoms with van der Waals surface area (Å²) < 4.78 is 49.9. The number of ether oxygens (including phenoxy) is 9. The van der Waals surface area contributed by atoms with Crippen LogP contribution in [0.15, 0.2) is 0 Å². The van der Waals surface area contributed by atoms with Crippen molar-refractivity contribution in [3.63, 3.8) is 0 Å². The zero-order chi connectivity index (χ0) is 69.4. The van der Waals surface area contributed by atoms with Gasteiger partial charge in [-0.2, -0.15) is 0 Å². The van der Waals surface area contributed by atoms with Crippen molar-refractivity contribution in [1.82, 2.24) is 37.2 Å². The van der Waals surface area contributed by atoms with Crippen LogP contribution < -0.4 is 37.2 Å². The molecule has 544 valence electrons. The number of carbonyl (C=O) groups is 8. The molecule has 3 fully saturated rings. The summed E-state index contributed by atoms with van der Waals surface area (Å²) in [6.45, 7) is -0.711. The van der Waals surface area contributed by atoms with E-state index in [1.807, 2.05) is 0 Å². The Balaban J connectivity index is 1.47. The van der Waals surface area contributed by atoms with Crippen LogP contribution in [0.5, 0.6) is 0 Å². The third-order valence-corrected chi connectivity index (χ3v) is 14.9. The molecule has 36 heteroatoms. The second-order valence-corrected chi connectivity index (χ2v) is 23.0. The number of nitrogens with one attached hydrogen (secondary N) is 7. The maximum absolute atomic E-state index is 13.4. The highest BCUT2D eigenvalue weighted by atomic mass is 16.7. The number of Topliss-reactive ketones (excluding diaryl/α,β-unsaturated/α-hetero) is 1. The highest BCUT2D eigenvalue weighted by Gasteiger charge is 2.46. The predicted octanol–water partition coefficient (Wildman–Crippen LogP) is -8.52. The molecule has 0 bridgehead atoms. The molecule has 0 aromatic rings. The van der Waals surface area contributed by atoms with Crippen LogP contribution in [0.25, 0.3) is 0 Å². The van der Waals surface area contributed by atoms with Crippen molar-refractivity contribution in [1.29, 1.82) is 0 Å². The van der Waals surface area contributed by atoms with Gasteiger partial charge in [-0.05, 0) is 51.9 Å². The minimum absolute atomic E-state index is 0.0350. The minimum atomic E-state index is -1.60. The number of rotatable bonds is 50. The highest BCUT2D eigenvalue weighted by Crippen LogP contribution is 2.25. The monoisotopic (exact) mass is 1360 g/mol. The Morgan fingerprint density at radius 3 is 0.862 bits per heavy atom. The lowest BCUT2D eigenvalue weighted by molar-refractivity contribution is -0.301. The molecule has 3 aliphatic heterocycles. The summed E-state index contributed by atoms with van der Waals surface area (Å²) in [4.78, 5) is 101. The maximum Gasteiger partial charge on any atom is 0.222 e. The van der Waals surface area contributed by atoms with Crippen LogP contribution in [0.1, 0.15) is 103 Å². The molecule has 94 heavy (non-hydrogen) atoms. The normalized spacial score (nSPS) is 26.7. The molecule has 15 atom stereocenters. The fourth-order valence-electron chi connectivity index (χ4n) is 9.46. The average molecular weight is 1360 g/mol. The number of aliphatic hydroxyl groups excluding tert-OH is 12. The summed E-state index contributed by atoms with van der Waals surface area (Å²) >= 11 is 0. The first kappa shape index (κ1) is 83.3. The Labute approximate surface area is 544 Å². The van der Waals surface area contributed by atoms with Crippen molar-refractivity contribution in [2.75, 3.05) is 119 Å². The number of amides is 7. The SMILES string of the molecule is CC(=O)CCCC(=O)NC(COCCC(=O)NCCCNC(=O)CCCO[C@@H]1OC(CO)[C@@H](O)C(O)C1O)(COCCC(=O)NCCCNC(=O)CCCO[C@@H]1OC(CO)[C@@H](O)C(O)C1O)COCCC(=O)NCCCNC(=O)CCCO[C@@H]1OC(CO)[C@@H](O)C(O)C1O. The van der Waals surface area contributed by atoms with Gasteiger partial charge < -0.3 is 146 Å². The van der Waals surface area contributed by atoms with Crippen molar-refractivity contribution < 1.29 is 142 Å². The molecule has 3 rings (SSSR count). The molecule has 19 N–H and O–H groups in total. The fourth-order valence-corrected chi connectivity index (χ4v) is 9.46. The van der Waals surface area contributed by atoms with Crippen molar-refractivity contribution in [3.05, 3.63) is 0 Å². The topological polar surface area (TPSA) is 547 Å². The molecule has 7 amide bonds. The van der Waals surface area contributed by atoms with Gasteiger partial charge in [0.25, 0.3) is 0 Å². The van der Waals surface area contributed by atoms with Gasteiger partial charge in [0.15, 0.2) is 18.9 Å². The van der Waals surface area contributed by atoms with Gasteiger partial charge in [-0.1, -0.05) is 0 Å². The molecule has 36 nitrogen and oxygen atoms in total. The molecule has 3 heterocycles. The summed E-state index contributed by atoms with van der Waals surface area (Å²) in [7, 11) is 0. The lowest BCUT2D eigenvalue weighted by Gasteiger charge is -2.39. The predicted molar refractivity (Wildman–Crippen MR) is 320 cm³/mol. The van der Waals surface area contributed by atoms with Crippen LogP contribution in [0.2, 0.25) is 0 Å². The molecule has 9 unspecified atom stereocenters. The summed E-state index contributed by atoms with van der Waals surface area (Å²) in [5.41, 5.74) is -1.46. The summed E-state index contributed by atoms with van der Waals surface area (Å²) in [6, 6.07) is 0. The van der Waals surface area contributed by atoms with Crippen LogP contribution in [-0.4, -0.2) is 325 Å². The molecule has 0 saturated carbocycles. The van der Waals surface area contributed by atoms with Gasteiger partial charge in [0, 0.05) is 90.6 Å². The first-order valence-corrected chi connectivity index (χ1v) is 31.9. The fraction of sp³-hybridized carbons (Fsp3) is 0.862. The average Bonchev–Trinajstić information content (AvgIpc) is 0.974. The van der Waals surface area contributed by atoms with E-state index in [-0.39, 0.29) is 199 Å². The van der Waals surface area contributed by atoms with Crippen LogP contribution in [-0.2, 0) is 81.0 Å². The largest absolute Gasteiger partial charge is 0.394 e. The molecular formula is C58H103N7O29. The Hall–Kier alpha value is -4.88. The van der Waals surface area contributed by atoms with E-state index >= 15 is 0 Å². The zero-order valence-corrected chi connectivity index (χ0v) is 53.3. The number of ketones is 1. The summed E-state index contributed by atoms with van der Waals surface area (Å²) in [5, 5.41) is 137. The van der Waals surface area contributed by atoms with Gasteiger partial charge in [0.1, 0.15) is 84.6 Å². The molecule has 0 aromatic heterocycles.